The molecule has 0 bridgehead atoms. The first-order valence-corrected chi connectivity index (χ1v) is 10.0. The number of ether oxygens (including phenoxy) is 1. The van der Waals surface area contributed by atoms with Crippen molar-refractivity contribution in [1.82, 2.24) is 9.88 Å². The first kappa shape index (κ1) is 20.8. The van der Waals surface area contributed by atoms with E-state index >= 15 is 0 Å². The Kier molecular flexibility index (Phi) is 6.20. The van der Waals surface area contributed by atoms with Crippen molar-refractivity contribution in [1.29, 1.82) is 0 Å². The number of benzene rings is 1. The molecule has 1 saturated heterocycles. The summed E-state index contributed by atoms with van der Waals surface area (Å²) in [7, 11) is 1.64. The normalized spacial score (nSPS) is 17.0. The second-order valence-electron chi connectivity index (χ2n) is 8.37. The van der Waals surface area contributed by atoms with E-state index in [0.717, 1.165) is 31.4 Å². The minimum Gasteiger partial charge on any atom is -0.443 e. The summed E-state index contributed by atoms with van der Waals surface area (Å²) in [5.74, 6) is 0.560. The molecule has 154 valence electrons. The molecule has 0 radical (unpaired) electrons. The smallest absolute Gasteiger partial charge is 0.415 e. The predicted molar refractivity (Wildman–Crippen MR) is 113 cm³/mol. The van der Waals surface area contributed by atoms with Gasteiger partial charge in [-0.15, -0.1) is 0 Å². The number of hydrogen-bond acceptors (Lipinski definition) is 4. The number of rotatable bonds is 3. The highest BCUT2D eigenvalue weighted by atomic mass is 16.6. The molecule has 0 spiro atoms. The first-order valence-electron chi connectivity index (χ1n) is 10.0. The zero-order valence-corrected chi connectivity index (χ0v) is 17.6. The largest absolute Gasteiger partial charge is 0.443 e. The third-order valence-corrected chi connectivity index (χ3v) is 4.95. The van der Waals surface area contributed by atoms with Crippen LogP contribution in [0.25, 0.3) is 0 Å². The Hall–Kier alpha value is -2.89. The second kappa shape index (κ2) is 8.64. The third kappa shape index (κ3) is 5.13. The fourth-order valence-corrected chi connectivity index (χ4v) is 3.48. The van der Waals surface area contributed by atoms with E-state index in [1.807, 2.05) is 62.1 Å². The van der Waals surface area contributed by atoms with Crippen molar-refractivity contribution in [3.05, 3.63) is 59.8 Å². The van der Waals surface area contributed by atoms with E-state index in [-0.39, 0.29) is 11.9 Å². The Bertz CT molecular complexity index is 844. The average molecular weight is 396 g/mol. The van der Waals surface area contributed by atoms with Gasteiger partial charge in [0, 0.05) is 25.4 Å². The van der Waals surface area contributed by atoms with E-state index in [4.69, 9.17) is 4.74 Å². The van der Waals surface area contributed by atoms with E-state index in [1.54, 1.807) is 19.3 Å². The number of likely N-dealkylation sites (tertiary alicyclic amines) is 1. The Balaban J connectivity index is 1.76. The molecule has 1 aliphatic rings. The molecule has 0 saturated carbocycles. The van der Waals surface area contributed by atoms with Crippen molar-refractivity contribution < 1.29 is 14.3 Å². The summed E-state index contributed by atoms with van der Waals surface area (Å²) >= 11 is 0. The van der Waals surface area contributed by atoms with Crippen molar-refractivity contribution in [3.8, 4) is 0 Å². The van der Waals surface area contributed by atoms with Gasteiger partial charge in [-0.3, -0.25) is 9.69 Å². The van der Waals surface area contributed by atoms with E-state index < -0.39 is 11.7 Å². The van der Waals surface area contributed by atoms with Crippen LogP contribution in [0.3, 0.4) is 0 Å². The number of hydrogen-bond donors (Lipinski definition) is 0. The van der Waals surface area contributed by atoms with Gasteiger partial charge in [-0.25, -0.2) is 9.78 Å². The van der Waals surface area contributed by atoms with Crippen molar-refractivity contribution >= 4 is 17.8 Å². The lowest BCUT2D eigenvalue weighted by molar-refractivity contribution is 0.0586. The lowest BCUT2D eigenvalue weighted by Crippen LogP contribution is -2.38. The van der Waals surface area contributed by atoms with E-state index in [2.05, 4.69) is 4.98 Å². The fourth-order valence-electron chi connectivity index (χ4n) is 3.48. The van der Waals surface area contributed by atoms with Gasteiger partial charge in [0.25, 0.3) is 5.91 Å². The van der Waals surface area contributed by atoms with Crippen LogP contribution in [0.2, 0.25) is 0 Å². The fraction of sp³-hybridized carbons (Fsp3) is 0.435. The number of carbonyl (C=O) groups excluding carboxylic acids is 2. The molecule has 6 heteroatoms. The van der Waals surface area contributed by atoms with Crippen LogP contribution in [0.4, 0.5) is 10.6 Å². The molecule has 1 atom stereocenters. The SMILES string of the molecule is CN(C(=O)OC(C)(C)C)c1ccc(C2CCCCN2C(=O)c2ccccc2)cn1. The zero-order chi connectivity index (χ0) is 21.0. The monoisotopic (exact) mass is 395 g/mol. The molecule has 1 fully saturated rings. The Morgan fingerprint density at radius 2 is 1.83 bits per heavy atom. The third-order valence-electron chi connectivity index (χ3n) is 4.95. The maximum absolute atomic E-state index is 13.0. The van der Waals surface area contributed by atoms with Crippen molar-refractivity contribution in [2.45, 2.75) is 51.7 Å². The van der Waals surface area contributed by atoms with Gasteiger partial charge in [0.1, 0.15) is 11.4 Å². The molecular formula is C23H29N3O3. The molecule has 1 aliphatic heterocycles. The topological polar surface area (TPSA) is 62.7 Å². The summed E-state index contributed by atoms with van der Waals surface area (Å²) in [6, 6.07) is 13.1. The van der Waals surface area contributed by atoms with Crippen molar-refractivity contribution in [3.63, 3.8) is 0 Å². The van der Waals surface area contributed by atoms with E-state index in [9.17, 15) is 9.59 Å². The molecule has 2 amide bonds. The van der Waals surface area contributed by atoms with Crippen LogP contribution in [0.5, 0.6) is 0 Å². The molecule has 2 heterocycles. The number of piperidine rings is 1. The van der Waals surface area contributed by atoms with Crippen LogP contribution in [0.1, 0.15) is 62.0 Å². The Labute approximate surface area is 172 Å². The predicted octanol–water partition coefficient (Wildman–Crippen LogP) is 4.82. The van der Waals surface area contributed by atoms with Crippen molar-refractivity contribution in [2.24, 2.45) is 0 Å². The summed E-state index contributed by atoms with van der Waals surface area (Å²) in [6.45, 7) is 6.22. The number of nitrogens with zero attached hydrogens (tertiary/aromatic N) is 3. The Morgan fingerprint density at radius 1 is 1.10 bits per heavy atom. The molecule has 1 aromatic carbocycles. The first-order chi connectivity index (χ1) is 13.8. The van der Waals surface area contributed by atoms with Crippen LogP contribution in [0, 0.1) is 0 Å². The number of anilines is 1. The van der Waals surface area contributed by atoms with Gasteiger partial charge in [0.15, 0.2) is 0 Å². The molecule has 2 aromatic rings. The van der Waals surface area contributed by atoms with E-state index in [1.165, 1.54) is 4.90 Å². The number of amides is 2. The minimum atomic E-state index is -0.564. The highest BCUT2D eigenvalue weighted by Gasteiger charge is 2.29. The summed E-state index contributed by atoms with van der Waals surface area (Å²) in [4.78, 5) is 33.1. The molecule has 1 aromatic heterocycles. The minimum absolute atomic E-state index is 0.00941. The Morgan fingerprint density at radius 3 is 2.45 bits per heavy atom. The highest BCUT2D eigenvalue weighted by molar-refractivity contribution is 5.94. The molecule has 0 N–H and O–H groups in total. The van der Waals surface area contributed by atoms with Gasteiger partial charge >= 0.3 is 6.09 Å². The number of pyridine rings is 1. The summed E-state index contributed by atoms with van der Waals surface area (Å²) in [5, 5.41) is 0. The maximum atomic E-state index is 13.0. The van der Waals surface area contributed by atoms with Gasteiger partial charge in [-0.05, 0) is 63.8 Å². The van der Waals surface area contributed by atoms with Gasteiger partial charge in [-0.1, -0.05) is 24.3 Å². The van der Waals surface area contributed by atoms with Crippen LogP contribution >= 0.6 is 0 Å². The van der Waals surface area contributed by atoms with Gasteiger partial charge in [-0.2, -0.15) is 0 Å². The van der Waals surface area contributed by atoms with Crippen molar-refractivity contribution in [2.75, 3.05) is 18.5 Å². The summed E-state index contributed by atoms with van der Waals surface area (Å²) < 4.78 is 5.39. The zero-order valence-electron chi connectivity index (χ0n) is 17.6. The van der Waals surface area contributed by atoms with Gasteiger partial charge in [0.05, 0.1) is 6.04 Å². The summed E-state index contributed by atoms with van der Waals surface area (Å²) in [5.41, 5.74) is 1.12. The molecule has 6 nitrogen and oxygen atoms in total. The maximum Gasteiger partial charge on any atom is 0.415 e. The second-order valence-corrected chi connectivity index (χ2v) is 8.37. The number of carbonyl (C=O) groups is 2. The van der Waals surface area contributed by atoms with Crippen LogP contribution in [0.15, 0.2) is 48.7 Å². The average Bonchev–Trinajstić information content (AvgIpc) is 2.72. The molecule has 0 aliphatic carbocycles. The quantitative estimate of drug-likeness (QED) is 0.747. The molecule has 1 unspecified atom stereocenters. The number of aromatic nitrogens is 1. The molecule has 3 rings (SSSR count). The lowest BCUT2D eigenvalue weighted by Gasteiger charge is -2.36. The summed E-state index contributed by atoms with van der Waals surface area (Å²) in [6.07, 6.45) is 4.29. The molecular weight excluding hydrogens is 366 g/mol. The van der Waals surface area contributed by atoms with E-state index in [0.29, 0.717) is 11.4 Å². The standard InChI is InChI=1S/C23H29N3O3/c1-23(2,3)29-22(28)25(4)20-14-13-18(16-24-20)19-12-8-9-15-26(19)21(27)17-10-6-5-7-11-17/h5-7,10-11,13-14,16,19H,8-9,12,15H2,1-4H3. The highest BCUT2D eigenvalue weighted by Crippen LogP contribution is 2.32. The van der Waals surface area contributed by atoms with Gasteiger partial charge < -0.3 is 9.64 Å². The van der Waals surface area contributed by atoms with Crippen LogP contribution < -0.4 is 4.90 Å². The van der Waals surface area contributed by atoms with Gasteiger partial charge in [0.2, 0.25) is 0 Å². The molecule has 29 heavy (non-hydrogen) atoms. The van der Waals surface area contributed by atoms with Crippen LogP contribution in [-0.4, -0.2) is 41.1 Å². The lowest BCUT2D eigenvalue weighted by atomic mass is 9.95. The van der Waals surface area contributed by atoms with Crippen LogP contribution in [-0.2, 0) is 4.74 Å².